The van der Waals surface area contributed by atoms with Crippen LogP contribution >= 0.6 is 0 Å². The van der Waals surface area contributed by atoms with Crippen LogP contribution in [0.15, 0.2) is 48.5 Å². The van der Waals surface area contributed by atoms with E-state index in [2.05, 4.69) is 20.9 Å². The van der Waals surface area contributed by atoms with Gasteiger partial charge in [-0.2, -0.15) is 0 Å². The average molecular weight is 396 g/mol. The van der Waals surface area contributed by atoms with Crippen LogP contribution in [0.25, 0.3) is 0 Å². The minimum atomic E-state index is -0.443. The van der Waals surface area contributed by atoms with E-state index in [0.717, 1.165) is 13.1 Å². The first kappa shape index (κ1) is 20.5. The Morgan fingerprint density at radius 2 is 1.45 bits per heavy atom. The van der Waals surface area contributed by atoms with E-state index >= 15 is 0 Å². The molecule has 0 unspecified atom stereocenters. The van der Waals surface area contributed by atoms with E-state index < -0.39 is 6.03 Å². The summed E-state index contributed by atoms with van der Waals surface area (Å²) in [6.07, 6.45) is 5.04. The van der Waals surface area contributed by atoms with Gasteiger partial charge in [0, 0.05) is 30.2 Å². The van der Waals surface area contributed by atoms with Crippen LogP contribution in [0.2, 0.25) is 0 Å². The molecule has 3 amide bonds. The summed E-state index contributed by atoms with van der Waals surface area (Å²) in [7, 11) is 1.58. The highest BCUT2D eigenvalue weighted by Gasteiger charge is 2.10. The molecule has 3 rings (SSSR count). The molecule has 1 saturated heterocycles. The van der Waals surface area contributed by atoms with Crippen molar-refractivity contribution >= 4 is 29.0 Å². The molecule has 3 N–H and O–H groups in total. The summed E-state index contributed by atoms with van der Waals surface area (Å²) in [4.78, 5) is 26.4. The Bertz CT molecular complexity index is 798. The molecule has 0 saturated carbocycles. The smallest absolute Gasteiger partial charge is 0.319 e. The number of carbonyl (C=O) groups is 2. The van der Waals surface area contributed by atoms with Crippen molar-refractivity contribution in [1.82, 2.24) is 5.32 Å². The molecule has 1 heterocycles. The van der Waals surface area contributed by atoms with Crippen LogP contribution in [0.4, 0.5) is 21.9 Å². The highest BCUT2D eigenvalue weighted by Crippen LogP contribution is 2.21. The minimum Gasteiger partial charge on any atom is -0.497 e. The lowest BCUT2D eigenvalue weighted by atomic mass is 10.2. The first-order valence-corrected chi connectivity index (χ1v) is 9.98. The Kier molecular flexibility index (Phi) is 7.33. The lowest BCUT2D eigenvalue weighted by Crippen LogP contribution is -2.35. The Morgan fingerprint density at radius 3 is 2.07 bits per heavy atom. The molecular formula is C22H28N4O3. The summed E-state index contributed by atoms with van der Waals surface area (Å²) < 4.78 is 5.07. The fourth-order valence-corrected chi connectivity index (χ4v) is 3.30. The first-order chi connectivity index (χ1) is 14.1. The number of nitrogens with zero attached hydrogens (tertiary/aromatic N) is 1. The van der Waals surface area contributed by atoms with E-state index in [-0.39, 0.29) is 12.5 Å². The Labute approximate surface area is 171 Å². The van der Waals surface area contributed by atoms with Crippen LogP contribution in [0.5, 0.6) is 5.75 Å². The third kappa shape index (κ3) is 6.41. The van der Waals surface area contributed by atoms with Crippen LogP contribution in [0.3, 0.4) is 0 Å². The second-order valence-corrected chi connectivity index (χ2v) is 7.03. The normalized spacial score (nSPS) is 13.9. The molecule has 7 nitrogen and oxygen atoms in total. The standard InChI is InChI=1S/C22H28N4O3/c1-29-20-12-8-18(9-13-20)25-22(28)23-16-21(27)24-17-6-10-19(11-7-17)26-14-4-2-3-5-15-26/h6-13H,2-5,14-16H2,1H3,(H,24,27)(H2,23,25,28). The summed E-state index contributed by atoms with van der Waals surface area (Å²) in [6, 6.07) is 14.4. The largest absolute Gasteiger partial charge is 0.497 e. The van der Waals surface area contributed by atoms with Gasteiger partial charge >= 0.3 is 6.03 Å². The van der Waals surface area contributed by atoms with Crippen LogP contribution in [0, 0.1) is 0 Å². The van der Waals surface area contributed by atoms with Crippen molar-refractivity contribution in [2.24, 2.45) is 0 Å². The highest BCUT2D eigenvalue weighted by atomic mass is 16.5. The molecule has 0 radical (unpaired) electrons. The fraction of sp³-hybridized carbons (Fsp3) is 0.364. The number of rotatable bonds is 6. The molecule has 2 aromatic carbocycles. The molecule has 0 bridgehead atoms. The van der Waals surface area contributed by atoms with E-state index in [0.29, 0.717) is 17.1 Å². The van der Waals surface area contributed by atoms with Gasteiger partial charge in [-0.1, -0.05) is 12.8 Å². The van der Waals surface area contributed by atoms with E-state index in [9.17, 15) is 9.59 Å². The summed E-state index contributed by atoms with van der Waals surface area (Å²) in [5.74, 6) is 0.426. The SMILES string of the molecule is COc1ccc(NC(=O)NCC(=O)Nc2ccc(N3CCCCCC3)cc2)cc1. The number of amides is 3. The average Bonchev–Trinajstić information content (AvgIpc) is 3.03. The number of urea groups is 1. The monoisotopic (exact) mass is 396 g/mol. The quantitative estimate of drug-likeness (QED) is 0.693. The van der Waals surface area contributed by atoms with Gasteiger partial charge in [0.15, 0.2) is 0 Å². The maximum atomic E-state index is 12.1. The number of methoxy groups -OCH3 is 1. The topological polar surface area (TPSA) is 82.7 Å². The molecule has 7 heteroatoms. The number of benzene rings is 2. The first-order valence-electron chi connectivity index (χ1n) is 9.98. The number of hydrogen-bond donors (Lipinski definition) is 3. The van der Waals surface area contributed by atoms with Crippen molar-refractivity contribution in [3.8, 4) is 5.75 Å². The molecule has 1 aliphatic rings. The summed E-state index contributed by atoms with van der Waals surface area (Å²) >= 11 is 0. The van der Waals surface area contributed by atoms with Gasteiger partial charge in [0.25, 0.3) is 0 Å². The minimum absolute atomic E-state index is 0.115. The zero-order valence-electron chi connectivity index (χ0n) is 16.7. The lowest BCUT2D eigenvalue weighted by Gasteiger charge is -2.22. The Balaban J connectivity index is 1.43. The van der Waals surface area contributed by atoms with Crippen molar-refractivity contribution in [3.05, 3.63) is 48.5 Å². The van der Waals surface area contributed by atoms with Crippen molar-refractivity contribution in [2.45, 2.75) is 25.7 Å². The third-order valence-corrected chi connectivity index (χ3v) is 4.88. The maximum absolute atomic E-state index is 12.1. The molecule has 154 valence electrons. The maximum Gasteiger partial charge on any atom is 0.319 e. The number of anilines is 3. The van der Waals surface area contributed by atoms with Crippen molar-refractivity contribution in [2.75, 3.05) is 42.3 Å². The predicted octanol–water partition coefficient (Wildman–Crippen LogP) is 3.84. The van der Waals surface area contributed by atoms with E-state index in [4.69, 9.17) is 4.74 Å². The van der Waals surface area contributed by atoms with E-state index in [1.165, 1.54) is 31.4 Å². The predicted molar refractivity (Wildman–Crippen MR) is 116 cm³/mol. The highest BCUT2D eigenvalue weighted by molar-refractivity contribution is 5.97. The summed E-state index contributed by atoms with van der Waals surface area (Å²) in [6.45, 7) is 2.05. The second kappa shape index (κ2) is 10.4. The Morgan fingerprint density at radius 1 is 0.862 bits per heavy atom. The zero-order valence-corrected chi connectivity index (χ0v) is 16.7. The van der Waals surface area contributed by atoms with Gasteiger partial charge in [-0.25, -0.2) is 4.79 Å². The fourth-order valence-electron chi connectivity index (χ4n) is 3.30. The van der Waals surface area contributed by atoms with Crippen LogP contribution in [-0.4, -0.2) is 38.7 Å². The molecule has 0 spiro atoms. The van der Waals surface area contributed by atoms with E-state index in [1.54, 1.807) is 31.4 Å². The van der Waals surface area contributed by atoms with Crippen molar-refractivity contribution in [3.63, 3.8) is 0 Å². The number of nitrogens with one attached hydrogen (secondary N) is 3. The lowest BCUT2D eigenvalue weighted by molar-refractivity contribution is -0.115. The molecule has 0 aromatic heterocycles. The molecule has 0 atom stereocenters. The van der Waals surface area contributed by atoms with Gasteiger partial charge in [-0.05, 0) is 61.4 Å². The van der Waals surface area contributed by atoms with Gasteiger partial charge in [0.05, 0.1) is 13.7 Å². The molecule has 1 fully saturated rings. The molecule has 0 aliphatic carbocycles. The number of carbonyl (C=O) groups excluding carboxylic acids is 2. The zero-order chi connectivity index (χ0) is 20.5. The molecule has 29 heavy (non-hydrogen) atoms. The van der Waals surface area contributed by atoms with Gasteiger partial charge in [-0.3, -0.25) is 4.79 Å². The van der Waals surface area contributed by atoms with Crippen LogP contribution in [0.1, 0.15) is 25.7 Å². The van der Waals surface area contributed by atoms with Crippen LogP contribution in [-0.2, 0) is 4.79 Å². The third-order valence-electron chi connectivity index (χ3n) is 4.88. The Hall–Kier alpha value is -3.22. The van der Waals surface area contributed by atoms with Gasteiger partial charge in [0.1, 0.15) is 5.75 Å². The summed E-state index contributed by atoms with van der Waals surface area (Å²) in [5, 5.41) is 8.02. The number of hydrogen-bond acceptors (Lipinski definition) is 4. The van der Waals surface area contributed by atoms with Gasteiger partial charge in [-0.15, -0.1) is 0 Å². The van der Waals surface area contributed by atoms with Crippen molar-refractivity contribution < 1.29 is 14.3 Å². The second-order valence-electron chi connectivity index (χ2n) is 7.03. The molecule has 2 aromatic rings. The van der Waals surface area contributed by atoms with Crippen molar-refractivity contribution in [1.29, 1.82) is 0 Å². The van der Waals surface area contributed by atoms with E-state index in [1.807, 2.05) is 24.3 Å². The molecule has 1 aliphatic heterocycles. The van der Waals surface area contributed by atoms with Gasteiger partial charge < -0.3 is 25.6 Å². The number of ether oxygens (including phenoxy) is 1. The summed E-state index contributed by atoms with van der Waals surface area (Å²) in [5.41, 5.74) is 2.51. The molecular weight excluding hydrogens is 368 g/mol. The van der Waals surface area contributed by atoms with Gasteiger partial charge in [0.2, 0.25) is 5.91 Å². The van der Waals surface area contributed by atoms with Crippen LogP contribution < -0.4 is 25.6 Å².